The van der Waals surface area contributed by atoms with Gasteiger partial charge in [-0.05, 0) is 19.9 Å². The molecule has 0 aliphatic rings. The third-order valence-corrected chi connectivity index (χ3v) is 3.44. The van der Waals surface area contributed by atoms with Crippen molar-refractivity contribution in [2.45, 2.75) is 31.5 Å². The van der Waals surface area contributed by atoms with Crippen molar-refractivity contribution in [1.82, 2.24) is 20.1 Å². The van der Waals surface area contributed by atoms with E-state index in [1.807, 2.05) is 0 Å². The van der Waals surface area contributed by atoms with Crippen molar-refractivity contribution >= 4 is 11.8 Å². The van der Waals surface area contributed by atoms with E-state index >= 15 is 0 Å². The molecule has 17 heavy (non-hydrogen) atoms. The summed E-state index contributed by atoms with van der Waals surface area (Å²) in [5.74, 6) is 0.798. The molecule has 0 fully saturated rings. The van der Waals surface area contributed by atoms with E-state index in [0.717, 1.165) is 18.7 Å². The van der Waals surface area contributed by atoms with Crippen LogP contribution in [0.3, 0.4) is 0 Å². The van der Waals surface area contributed by atoms with Crippen LogP contribution in [-0.4, -0.2) is 33.1 Å². The van der Waals surface area contributed by atoms with Gasteiger partial charge in [-0.2, -0.15) is 4.98 Å². The van der Waals surface area contributed by atoms with Crippen molar-refractivity contribution in [3.05, 3.63) is 20.7 Å². The summed E-state index contributed by atoms with van der Waals surface area (Å²) in [7, 11) is 1.67. The number of aryl methyl sites for hydroxylation is 1. The molecule has 1 unspecified atom stereocenters. The normalized spacial score (nSPS) is 12.6. The molecule has 0 aromatic carbocycles. The van der Waals surface area contributed by atoms with E-state index < -0.39 is 11.1 Å². The van der Waals surface area contributed by atoms with Crippen molar-refractivity contribution < 1.29 is 0 Å². The van der Waals surface area contributed by atoms with Crippen LogP contribution in [0, 0.1) is 0 Å². The number of nitrogens with zero attached hydrogens (tertiary/aromatic N) is 2. The Bertz CT molecular complexity index is 468. The zero-order valence-electron chi connectivity index (χ0n) is 10.3. The second-order valence-corrected chi connectivity index (χ2v) is 4.85. The van der Waals surface area contributed by atoms with Crippen LogP contribution >= 0.6 is 11.8 Å². The first kappa shape index (κ1) is 14.0. The molecular weight excluding hydrogens is 240 g/mol. The molecule has 0 saturated heterocycles. The van der Waals surface area contributed by atoms with Crippen molar-refractivity contribution in [3.8, 4) is 0 Å². The third-order valence-electron chi connectivity index (χ3n) is 2.15. The quantitative estimate of drug-likeness (QED) is 0.552. The minimum atomic E-state index is -0.736. The number of nitrogens with one attached hydrogen (secondary N) is 2. The van der Waals surface area contributed by atoms with Crippen LogP contribution in [0.25, 0.3) is 0 Å². The van der Waals surface area contributed by atoms with Crippen molar-refractivity contribution in [2.24, 2.45) is 7.05 Å². The largest absolute Gasteiger partial charge is 0.339 e. The van der Waals surface area contributed by atoms with E-state index in [-0.39, 0.29) is 0 Å². The molecule has 1 aromatic heterocycles. The first-order valence-corrected chi connectivity index (χ1v) is 6.56. The number of rotatable bonds is 6. The van der Waals surface area contributed by atoms with E-state index in [4.69, 9.17) is 0 Å². The highest BCUT2D eigenvalue weighted by Gasteiger charge is 2.07. The van der Waals surface area contributed by atoms with E-state index in [1.165, 1.54) is 16.4 Å². The lowest BCUT2D eigenvalue weighted by atomic mass is 10.3. The van der Waals surface area contributed by atoms with Crippen molar-refractivity contribution in [2.75, 3.05) is 12.3 Å². The molecular formula is C10H18N4O2S. The summed E-state index contributed by atoms with van der Waals surface area (Å²) in [6, 6.07) is 0.337. The molecule has 0 spiro atoms. The summed E-state index contributed by atoms with van der Waals surface area (Å²) < 4.78 is 1.47. The summed E-state index contributed by atoms with van der Waals surface area (Å²) in [4.78, 5) is 25.8. The fraction of sp³-hybridized carbons (Fsp3) is 0.700. The van der Waals surface area contributed by atoms with Gasteiger partial charge in [0.25, 0.3) is 0 Å². The third kappa shape index (κ3) is 4.35. The van der Waals surface area contributed by atoms with Gasteiger partial charge in [-0.25, -0.2) is 0 Å². The van der Waals surface area contributed by atoms with Crippen molar-refractivity contribution in [1.29, 1.82) is 0 Å². The Hall–Kier alpha value is -1.08. The summed E-state index contributed by atoms with van der Waals surface area (Å²) in [6.07, 6.45) is 1.09. The summed E-state index contributed by atoms with van der Waals surface area (Å²) in [5.41, 5.74) is -1.42. The molecule has 2 N–H and O–H groups in total. The Kier molecular flexibility index (Phi) is 5.43. The maximum atomic E-state index is 11.1. The van der Waals surface area contributed by atoms with Crippen LogP contribution in [-0.2, 0) is 7.05 Å². The van der Waals surface area contributed by atoms with Gasteiger partial charge in [0.15, 0.2) is 5.16 Å². The summed E-state index contributed by atoms with van der Waals surface area (Å²) in [5, 5.41) is 6.29. The van der Waals surface area contributed by atoms with Crippen LogP contribution in [0.15, 0.2) is 14.7 Å². The van der Waals surface area contributed by atoms with Gasteiger partial charge in [-0.3, -0.25) is 19.4 Å². The van der Waals surface area contributed by atoms with Gasteiger partial charge in [0.2, 0.25) is 0 Å². The Morgan fingerprint density at radius 2 is 2.24 bits per heavy atom. The monoisotopic (exact) mass is 258 g/mol. The number of H-pyrrole nitrogens is 1. The molecule has 7 heteroatoms. The highest BCUT2D eigenvalue weighted by molar-refractivity contribution is 7.99. The zero-order chi connectivity index (χ0) is 12.8. The van der Waals surface area contributed by atoms with Crippen molar-refractivity contribution in [3.63, 3.8) is 0 Å². The molecule has 1 atom stereocenters. The fourth-order valence-electron chi connectivity index (χ4n) is 1.24. The Morgan fingerprint density at radius 3 is 2.88 bits per heavy atom. The lowest BCUT2D eigenvalue weighted by Crippen LogP contribution is -2.34. The van der Waals surface area contributed by atoms with Crippen LogP contribution < -0.4 is 16.4 Å². The minimum absolute atomic E-state index is 0.337. The standard InChI is InChI=1S/C10H18N4O2S/c1-4-5-11-7(2)6-17-10-12-8(15)9(16)13-14(10)3/h7,11H,4-6H2,1-3H3,(H,13,16). The molecule has 1 rings (SSSR count). The lowest BCUT2D eigenvalue weighted by molar-refractivity contribution is 0.579. The Balaban J connectivity index is 2.60. The smallest absolute Gasteiger partial charge is 0.313 e. The average Bonchev–Trinajstić information content (AvgIpc) is 2.29. The Labute approximate surface area is 104 Å². The van der Waals surface area contributed by atoms with Gasteiger partial charge in [0.05, 0.1) is 0 Å². The molecule has 1 aromatic rings. The number of thioether (sulfide) groups is 1. The van der Waals surface area contributed by atoms with Gasteiger partial charge in [0.1, 0.15) is 0 Å². The molecule has 0 aliphatic carbocycles. The molecule has 0 saturated carbocycles. The van der Waals surface area contributed by atoms with Crippen LogP contribution in [0.1, 0.15) is 20.3 Å². The minimum Gasteiger partial charge on any atom is -0.313 e. The molecule has 0 bridgehead atoms. The summed E-state index contributed by atoms with van der Waals surface area (Å²) in [6.45, 7) is 5.16. The maximum Gasteiger partial charge on any atom is 0.339 e. The van der Waals surface area contributed by atoms with E-state index in [1.54, 1.807) is 7.05 Å². The lowest BCUT2D eigenvalue weighted by Gasteiger charge is -2.12. The SMILES string of the molecule is CCCNC(C)CSc1nc(=O)c(=O)[nH]n1C. The molecule has 96 valence electrons. The van der Waals surface area contributed by atoms with Crippen LogP contribution in [0.5, 0.6) is 0 Å². The molecule has 1 heterocycles. The fourth-order valence-corrected chi connectivity index (χ4v) is 2.14. The second-order valence-electron chi connectivity index (χ2n) is 3.87. The summed E-state index contributed by atoms with van der Waals surface area (Å²) >= 11 is 1.45. The van der Waals surface area contributed by atoms with Gasteiger partial charge in [-0.1, -0.05) is 18.7 Å². The maximum absolute atomic E-state index is 11.1. The van der Waals surface area contributed by atoms with Crippen LogP contribution in [0.4, 0.5) is 0 Å². The predicted molar refractivity (Wildman–Crippen MR) is 68.6 cm³/mol. The van der Waals surface area contributed by atoms with E-state index in [0.29, 0.717) is 11.2 Å². The van der Waals surface area contributed by atoms with Gasteiger partial charge in [-0.15, -0.1) is 0 Å². The highest BCUT2D eigenvalue weighted by atomic mass is 32.2. The zero-order valence-corrected chi connectivity index (χ0v) is 11.1. The predicted octanol–water partition coefficient (Wildman–Crippen LogP) is -0.0512. The number of hydrogen-bond acceptors (Lipinski definition) is 5. The van der Waals surface area contributed by atoms with Gasteiger partial charge in [0, 0.05) is 18.8 Å². The van der Waals surface area contributed by atoms with Gasteiger partial charge < -0.3 is 5.32 Å². The number of aromatic amines is 1. The van der Waals surface area contributed by atoms with E-state index in [2.05, 4.69) is 29.2 Å². The molecule has 0 aliphatic heterocycles. The number of hydrogen-bond donors (Lipinski definition) is 2. The Morgan fingerprint density at radius 1 is 1.53 bits per heavy atom. The molecule has 6 nitrogen and oxygen atoms in total. The number of aromatic nitrogens is 3. The molecule has 0 radical (unpaired) electrons. The van der Waals surface area contributed by atoms with E-state index in [9.17, 15) is 9.59 Å². The molecule has 0 amide bonds. The average molecular weight is 258 g/mol. The highest BCUT2D eigenvalue weighted by Crippen LogP contribution is 2.12. The van der Waals surface area contributed by atoms with Crippen LogP contribution in [0.2, 0.25) is 0 Å². The topological polar surface area (TPSA) is 79.8 Å². The first-order chi connectivity index (χ1) is 8.04. The van der Waals surface area contributed by atoms with Gasteiger partial charge >= 0.3 is 11.1 Å². The first-order valence-electron chi connectivity index (χ1n) is 5.58. The second kappa shape index (κ2) is 6.61.